The summed E-state index contributed by atoms with van der Waals surface area (Å²) in [5.41, 5.74) is 4.17. The molecule has 0 radical (unpaired) electrons. The van der Waals surface area contributed by atoms with Gasteiger partial charge in [0.25, 0.3) is 0 Å². The second kappa shape index (κ2) is 9.30. The van der Waals surface area contributed by atoms with E-state index in [2.05, 4.69) is 20.5 Å². The van der Waals surface area contributed by atoms with Gasteiger partial charge in [0.05, 0.1) is 6.61 Å². The molecule has 0 atom stereocenters. The molecule has 7 heteroatoms. The van der Waals surface area contributed by atoms with E-state index >= 15 is 0 Å². The molecule has 0 saturated carbocycles. The van der Waals surface area contributed by atoms with E-state index in [-0.39, 0.29) is 12.0 Å². The zero-order valence-electron chi connectivity index (χ0n) is 17.3. The third-order valence-corrected chi connectivity index (χ3v) is 5.13. The number of esters is 1. The van der Waals surface area contributed by atoms with E-state index in [1.807, 2.05) is 48.5 Å². The molecule has 0 bridgehead atoms. The summed E-state index contributed by atoms with van der Waals surface area (Å²) >= 11 is 0. The molecule has 1 aromatic heterocycles. The Morgan fingerprint density at radius 1 is 1.03 bits per heavy atom. The van der Waals surface area contributed by atoms with Crippen molar-refractivity contribution < 1.29 is 14.3 Å². The second-order valence-electron chi connectivity index (χ2n) is 7.15. The summed E-state index contributed by atoms with van der Waals surface area (Å²) in [5.74, 6) is 0.246. The van der Waals surface area contributed by atoms with Gasteiger partial charge in [-0.2, -0.15) is 0 Å². The van der Waals surface area contributed by atoms with Crippen LogP contribution >= 0.6 is 0 Å². The SMILES string of the molecule is CCOC(=O)c1cccnc1N1CCc2c(cccc2NC(=O)Nc2ccccc2)C1. The van der Waals surface area contributed by atoms with Crippen molar-refractivity contribution in [2.24, 2.45) is 0 Å². The Balaban J connectivity index is 1.51. The fraction of sp³-hybridized carbons (Fsp3) is 0.208. The van der Waals surface area contributed by atoms with Gasteiger partial charge in [-0.3, -0.25) is 0 Å². The number of para-hydroxylation sites is 1. The zero-order valence-corrected chi connectivity index (χ0v) is 17.3. The van der Waals surface area contributed by atoms with Crippen LogP contribution in [0.5, 0.6) is 0 Å². The van der Waals surface area contributed by atoms with Gasteiger partial charge in [-0.1, -0.05) is 30.3 Å². The maximum Gasteiger partial charge on any atom is 0.341 e. The predicted molar refractivity (Wildman–Crippen MR) is 120 cm³/mol. The lowest BCUT2D eigenvalue weighted by molar-refractivity contribution is 0.0526. The number of ether oxygens (including phenoxy) is 1. The number of urea groups is 1. The topological polar surface area (TPSA) is 83.6 Å². The highest BCUT2D eigenvalue weighted by molar-refractivity contribution is 6.00. The van der Waals surface area contributed by atoms with Crippen LogP contribution in [0.25, 0.3) is 0 Å². The Labute approximate surface area is 181 Å². The third kappa shape index (κ3) is 4.66. The summed E-state index contributed by atoms with van der Waals surface area (Å²) in [4.78, 5) is 31.3. The molecule has 0 unspecified atom stereocenters. The minimum absolute atomic E-state index is 0.281. The molecular weight excluding hydrogens is 392 g/mol. The van der Waals surface area contributed by atoms with Crippen LogP contribution in [0.3, 0.4) is 0 Å². The van der Waals surface area contributed by atoms with E-state index in [9.17, 15) is 9.59 Å². The van der Waals surface area contributed by atoms with E-state index in [4.69, 9.17) is 4.74 Å². The Morgan fingerprint density at radius 3 is 2.68 bits per heavy atom. The van der Waals surface area contributed by atoms with Crippen molar-refractivity contribution in [3.05, 3.63) is 83.6 Å². The second-order valence-corrected chi connectivity index (χ2v) is 7.15. The first-order valence-corrected chi connectivity index (χ1v) is 10.3. The number of hydrogen-bond acceptors (Lipinski definition) is 5. The lowest BCUT2D eigenvalue weighted by Crippen LogP contribution is -2.33. The molecule has 3 aromatic rings. The number of pyridine rings is 1. The number of carbonyl (C=O) groups is 2. The number of fused-ring (bicyclic) bond motifs is 1. The smallest absolute Gasteiger partial charge is 0.341 e. The van der Waals surface area contributed by atoms with Crippen LogP contribution in [-0.2, 0) is 17.7 Å². The number of nitrogens with one attached hydrogen (secondary N) is 2. The standard InChI is InChI=1S/C24H24N4O3/c1-2-31-23(29)20-11-7-14-25-22(20)28-15-13-19-17(16-28)8-6-12-21(19)27-24(30)26-18-9-4-3-5-10-18/h3-12,14H,2,13,15-16H2,1H3,(H2,26,27,30). The van der Waals surface area contributed by atoms with E-state index in [1.165, 1.54) is 0 Å². The van der Waals surface area contributed by atoms with Crippen molar-refractivity contribution in [2.75, 3.05) is 28.7 Å². The average Bonchev–Trinajstić information content (AvgIpc) is 2.80. The van der Waals surface area contributed by atoms with Crippen molar-refractivity contribution in [1.29, 1.82) is 0 Å². The number of benzene rings is 2. The summed E-state index contributed by atoms with van der Waals surface area (Å²) in [7, 11) is 0. The lowest BCUT2D eigenvalue weighted by atomic mass is 9.97. The van der Waals surface area contributed by atoms with Crippen LogP contribution in [0.1, 0.15) is 28.4 Å². The highest BCUT2D eigenvalue weighted by Crippen LogP contribution is 2.30. The van der Waals surface area contributed by atoms with Gasteiger partial charge in [0.15, 0.2) is 0 Å². The number of rotatable bonds is 5. The Kier molecular flexibility index (Phi) is 6.12. The molecule has 2 aromatic carbocycles. The monoisotopic (exact) mass is 416 g/mol. The van der Waals surface area contributed by atoms with Gasteiger partial charge in [-0.05, 0) is 54.8 Å². The molecule has 31 heavy (non-hydrogen) atoms. The first-order valence-electron chi connectivity index (χ1n) is 10.3. The Morgan fingerprint density at radius 2 is 1.87 bits per heavy atom. The van der Waals surface area contributed by atoms with Crippen LogP contribution in [0.2, 0.25) is 0 Å². The van der Waals surface area contributed by atoms with Crippen molar-refractivity contribution in [3.63, 3.8) is 0 Å². The quantitative estimate of drug-likeness (QED) is 0.600. The summed E-state index contributed by atoms with van der Waals surface area (Å²) in [6, 6.07) is 18.4. The van der Waals surface area contributed by atoms with Crippen molar-refractivity contribution in [3.8, 4) is 0 Å². The summed E-state index contributed by atoms with van der Waals surface area (Å²) in [5, 5.41) is 5.80. The first kappa shape index (κ1) is 20.4. The molecule has 0 saturated heterocycles. The van der Waals surface area contributed by atoms with Gasteiger partial charge in [-0.15, -0.1) is 0 Å². The average molecular weight is 416 g/mol. The third-order valence-electron chi connectivity index (χ3n) is 5.13. The molecule has 2 heterocycles. The largest absolute Gasteiger partial charge is 0.462 e. The summed E-state index contributed by atoms with van der Waals surface area (Å²) in [6.07, 6.45) is 2.40. The maximum absolute atomic E-state index is 12.4. The fourth-order valence-corrected chi connectivity index (χ4v) is 3.73. The zero-order chi connectivity index (χ0) is 21.6. The Hall–Kier alpha value is -3.87. The molecule has 4 rings (SSSR count). The normalized spacial score (nSPS) is 12.6. The molecule has 0 spiro atoms. The van der Waals surface area contributed by atoms with Gasteiger partial charge in [0.1, 0.15) is 11.4 Å². The number of amides is 2. The van der Waals surface area contributed by atoms with Gasteiger partial charge >= 0.3 is 12.0 Å². The highest BCUT2D eigenvalue weighted by atomic mass is 16.5. The molecule has 1 aliphatic rings. The molecule has 7 nitrogen and oxygen atoms in total. The lowest BCUT2D eigenvalue weighted by Gasteiger charge is -2.31. The van der Waals surface area contributed by atoms with Crippen molar-refractivity contribution in [2.45, 2.75) is 19.9 Å². The van der Waals surface area contributed by atoms with Gasteiger partial charge in [0.2, 0.25) is 0 Å². The Bertz CT molecular complexity index is 1090. The van der Waals surface area contributed by atoms with Crippen LogP contribution in [0.15, 0.2) is 66.9 Å². The number of anilines is 3. The van der Waals surface area contributed by atoms with Gasteiger partial charge in [-0.25, -0.2) is 14.6 Å². The van der Waals surface area contributed by atoms with Gasteiger partial charge < -0.3 is 20.3 Å². The van der Waals surface area contributed by atoms with Crippen molar-refractivity contribution >= 4 is 29.2 Å². The van der Waals surface area contributed by atoms with Crippen LogP contribution in [0.4, 0.5) is 22.0 Å². The first-order chi connectivity index (χ1) is 15.2. The predicted octanol–water partition coefficient (Wildman–Crippen LogP) is 4.47. The van der Waals surface area contributed by atoms with Crippen LogP contribution in [-0.4, -0.2) is 30.1 Å². The fourth-order valence-electron chi connectivity index (χ4n) is 3.73. The van der Waals surface area contributed by atoms with E-state index in [0.717, 1.165) is 28.9 Å². The van der Waals surface area contributed by atoms with E-state index in [0.29, 0.717) is 31.1 Å². The maximum atomic E-state index is 12.4. The number of nitrogens with zero attached hydrogens (tertiary/aromatic N) is 2. The minimum Gasteiger partial charge on any atom is -0.462 e. The minimum atomic E-state index is -0.371. The molecule has 2 amide bonds. The van der Waals surface area contributed by atoms with Crippen LogP contribution < -0.4 is 15.5 Å². The molecule has 158 valence electrons. The van der Waals surface area contributed by atoms with Crippen molar-refractivity contribution in [1.82, 2.24) is 4.98 Å². The van der Waals surface area contributed by atoms with E-state index in [1.54, 1.807) is 25.3 Å². The van der Waals surface area contributed by atoms with Gasteiger partial charge in [0, 0.05) is 30.7 Å². The number of carbonyl (C=O) groups excluding carboxylic acids is 2. The molecule has 0 fully saturated rings. The van der Waals surface area contributed by atoms with Crippen LogP contribution in [0, 0.1) is 0 Å². The molecule has 0 aliphatic carbocycles. The highest BCUT2D eigenvalue weighted by Gasteiger charge is 2.24. The molecular formula is C24H24N4O3. The number of hydrogen-bond donors (Lipinski definition) is 2. The number of aromatic nitrogens is 1. The molecule has 1 aliphatic heterocycles. The molecule has 2 N–H and O–H groups in total. The van der Waals surface area contributed by atoms with E-state index < -0.39 is 0 Å². The summed E-state index contributed by atoms with van der Waals surface area (Å²) < 4.78 is 5.18. The summed E-state index contributed by atoms with van der Waals surface area (Å²) in [6.45, 7) is 3.37.